The van der Waals surface area contributed by atoms with Gasteiger partial charge in [-0.1, -0.05) is 46.4 Å². The Kier molecular flexibility index (Phi) is 10.9. The summed E-state index contributed by atoms with van der Waals surface area (Å²) in [4.78, 5) is 11.2. The van der Waals surface area contributed by atoms with E-state index in [0.29, 0.717) is 49.3 Å². The fourth-order valence-corrected chi connectivity index (χ4v) is 6.46. The standard InChI is InChI=1S/C33H34Cl4FN9/c1-33(2,3)47-8-6-19(7-9-47)41-17-28(46-40)32(23-16-42-29(37)13-24(23)34)45-21-10-22-30(44-20-4-5-27(38)25(35)11-20)18(14-39)15-43-31(22)26(36)12-21/h4-5,10-13,15-17,19,32,41,45-46H,6-9,40H2,1-3H3,(H,43,44)/b28-17-/t32-/m0/s1. The normalized spacial score (nSPS) is 15.3. The van der Waals surface area contributed by atoms with Crippen molar-refractivity contribution in [3.05, 3.63) is 97.9 Å². The number of likely N-dealkylation sites (tertiary alicyclic amines) is 1. The SMILES string of the molecule is CC(C)(C)N1CCC(N/C=C(\NN)[C@@H](Nc2cc(Cl)c3ncc(C#N)c(Nc4ccc(F)c(Cl)c4)c3c2)c2cnc(Cl)cc2Cl)CC1. The van der Waals surface area contributed by atoms with Crippen LogP contribution in [-0.4, -0.2) is 39.5 Å². The molecule has 0 spiro atoms. The number of aromatic nitrogens is 2. The van der Waals surface area contributed by atoms with Crippen LogP contribution in [-0.2, 0) is 0 Å². The van der Waals surface area contributed by atoms with Crippen molar-refractivity contribution in [1.29, 1.82) is 5.26 Å². The van der Waals surface area contributed by atoms with Gasteiger partial charge < -0.3 is 21.4 Å². The number of nitrogens with one attached hydrogen (secondary N) is 4. The molecule has 4 aromatic rings. The van der Waals surface area contributed by atoms with Gasteiger partial charge in [0.2, 0.25) is 0 Å². The lowest BCUT2D eigenvalue weighted by Crippen LogP contribution is -2.49. The number of nitrogens with zero attached hydrogens (tertiary/aromatic N) is 4. The minimum absolute atomic E-state index is 0.0643. The summed E-state index contributed by atoms with van der Waals surface area (Å²) < 4.78 is 13.9. The Bertz CT molecular complexity index is 1850. The number of hydrogen-bond donors (Lipinski definition) is 5. The second-order valence-electron chi connectivity index (χ2n) is 12.2. The largest absolute Gasteiger partial charge is 0.387 e. The Hall–Kier alpha value is -3.56. The minimum atomic E-state index is -0.632. The third kappa shape index (κ3) is 8.12. The van der Waals surface area contributed by atoms with Crippen LogP contribution < -0.4 is 27.2 Å². The number of halogens is 5. The van der Waals surface area contributed by atoms with Crippen LogP contribution in [0.15, 0.2) is 60.7 Å². The molecule has 2 aromatic carbocycles. The van der Waals surface area contributed by atoms with Crippen LogP contribution >= 0.6 is 46.4 Å². The molecule has 14 heteroatoms. The molecular weight excluding hydrogens is 683 g/mol. The lowest BCUT2D eigenvalue weighted by atomic mass is 9.98. The summed E-state index contributed by atoms with van der Waals surface area (Å²) in [5.41, 5.74) is 6.28. The van der Waals surface area contributed by atoms with Gasteiger partial charge in [-0.3, -0.25) is 15.7 Å². The third-order valence-corrected chi connectivity index (χ3v) is 9.21. The molecule has 6 N–H and O–H groups in total. The maximum atomic E-state index is 13.9. The van der Waals surface area contributed by atoms with E-state index in [9.17, 15) is 9.65 Å². The first-order valence-corrected chi connectivity index (χ1v) is 16.4. The number of benzene rings is 2. The first-order chi connectivity index (χ1) is 22.4. The molecule has 1 aliphatic heterocycles. The van der Waals surface area contributed by atoms with Crippen LogP contribution in [0.5, 0.6) is 0 Å². The van der Waals surface area contributed by atoms with Crippen molar-refractivity contribution < 1.29 is 4.39 Å². The van der Waals surface area contributed by atoms with E-state index < -0.39 is 11.9 Å². The maximum absolute atomic E-state index is 13.9. The quantitative estimate of drug-likeness (QED) is 0.0660. The molecule has 9 nitrogen and oxygen atoms in total. The van der Waals surface area contributed by atoms with Gasteiger partial charge in [0.25, 0.3) is 0 Å². The number of anilines is 3. The number of nitrogens with two attached hydrogens (primary N) is 1. The number of piperidine rings is 1. The Balaban J connectivity index is 1.52. The molecule has 2 aromatic heterocycles. The van der Waals surface area contributed by atoms with E-state index >= 15 is 0 Å². The van der Waals surface area contributed by atoms with E-state index in [4.69, 9.17) is 52.2 Å². The van der Waals surface area contributed by atoms with E-state index in [1.165, 1.54) is 24.4 Å². The highest BCUT2D eigenvalue weighted by Crippen LogP contribution is 2.38. The molecule has 0 bridgehead atoms. The Labute approximate surface area is 293 Å². The number of hydrogen-bond acceptors (Lipinski definition) is 9. The van der Waals surface area contributed by atoms with E-state index in [1.54, 1.807) is 24.4 Å². The maximum Gasteiger partial charge on any atom is 0.141 e. The summed E-state index contributed by atoms with van der Waals surface area (Å²) in [6.45, 7) is 8.63. The smallest absolute Gasteiger partial charge is 0.141 e. The molecule has 246 valence electrons. The van der Waals surface area contributed by atoms with Gasteiger partial charge in [0.05, 0.1) is 43.6 Å². The molecule has 47 heavy (non-hydrogen) atoms. The van der Waals surface area contributed by atoms with Crippen LogP contribution in [0.3, 0.4) is 0 Å². The average Bonchev–Trinajstić information content (AvgIpc) is 3.03. The Morgan fingerprint density at radius 3 is 2.38 bits per heavy atom. The predicted molar refractivity (Wildman–Crippen MR) is 190 cm³/mol. The van der Waals surface area contributed by atoms with Crippen molar-refractivity contribution in [2.24, 2.45) is 5.84 Å². The fourth-order valence-electron chi connectivity index (χ4n) is 5.53. The van der Waals surface area contributed by atoms with Gasteiger partial charge in [-0.15, -0.1) is 0 Å². The zero-order chi connectivity index (χ0) is 33.9. The first kappa shape index (κ1) is 34.8. The monoisotopic (exact) mass is 715 g/mol. The number of fused-ring (bicyclic) bond motifs is 1. The van der Waals surface area contributed by atoms with Crippen molar-refractivity contribution in [3.63, 3.8) is 0 Å². The van der Waals surface area contributed by atoms with Crippen molar-refractivity contribution in [2.45, 2.75) is 51.2 Å². The number of hydrazine groups is 1. The summed E-state index contributed by atoms with van der Waals surface area (Å²) in [5.74, 6) is 5.56. The summed E-state index contributed by atoms with van der Waals surface area (Å²) >= 11 is 25.6. The highest BCUT2D eigenvalue weighted by molar-refractivity contribution is 6.36. The van der Waals surface area contributed by atoms with Crippen molar-refractivity contribution in [3.8, 4) is 6.07 Å². The molecule has 1 fully saturated rings. The highest BCUT2D eigenvalue weighted by atomic mass is 35.5. The summed E-state index contributed by atoms with van der Waals surface area (Å²) in [7, 11) is 0. The number of rotatable bonds is 9. The van der Waals surface area contributed by atoms with Gasteiger partial charge in [-0.2, -0.15) is 5.26 Å². The van der Waals surface area contributed by atoms with Crippen LogP contribution in [0, 0.1) is 17.1 Å². The van der Waals surface area contributed by atoms with Gasteiger partial charge in [0.1, 0.15) is 17.0 Å². The highest BCUT2D eigenvalue weighted by Gasteiger charge is 2.27. The second-order valence-corrected chi connectivity index (χ2v) is 13.8. The zero-order valence-corrected chi connectivity index (χ0v) is 29.0. The van der Waals surface area contributed by atoms with Crippen molar-refractivity contribution >= 4 is 74.4 Å². The van der Waals surface area contributed by atoms with Crippen LogP contribution in [0.4, 0.5) is 21.5 Å². The van der Waals surface area contributed by atoms with E-state index in [1.807, 2.05) is 6.20 Å². The molecule has 3 heterocycles. The summed E-state index contributed by atoms with van der Waals surface area (Å²) in [6.07, 6.45) is 6.79. The Morgan fingerprint density at radius 1 is 1.02 bits per heavy atom. The van der Waals surface area contributed by atoms with E-state index in [0.717, 1.165) is 25.9 Å². The second kappa shape index (κ2) is 14.7. The molecule has 1 aliphatic rings. The van der Waals surface area contributed by atoms with Gasteiger partial charge in [-0.05, 0) is 70.0 Å². The third-order valence-electron chi connectivity index (χ3n) is 8.10. The average molecular weight is 718 g/mol. The molecule has 5 rings (SSSR count). The van der Waals surface area contributed by atoms with Crippen LogP contribution in [0.1, 0.15) is 50.8 Å². The van der Waals surface area contributed by atoms with Gasteiger partial charge in [0, 0.05) is 65.6 Å². The summed E-state index contributed by atoms with van der Waals surface area (Å²) in [6, 6.07) is 11.0. The molecule has 0 aliphatic carbocycles. The number of nitriles is 1. The van der Waals surface area contributed by atoms with Gasteiger partial charge in [0.15, 0.2) is 0 Å². The molecule has 1 saturated heterocycles. The van der Waals surface area contributed by atoms with Gasteiger partial charge >= 0.3 is 0 Å². The predicted octanol–water partition coefficient (Wildman–Crippen LogP) is 8.31. The zero-order valence-electron chi connectivity index (χ0n) is 25.9. The molecule has 1 atom stereocenters. The topological polar surface area (TPSA) is 127 Å². The molecular formula is C33H34Cl4FN9. The minimum Gasteiger partial charge on any atom is -0.387 e. The van der Waals surface area contributed by atoms with Crippen molar-refractivity contribution in [1.82, 2.24) is 25.6 Å². The van der Waals surface area contributed by atoms with E-state index in [-0.39, 0.29) is 27.3 Å². The fraction of sp³-hybridized carbons (Fsp3) is 0.303. The Morgan fingerprint density at radius 2 is 1.74 bits per heavy atom. The molecule has 0 saturated carbocycles. The molecule has 0 radical (unpaired) electrons. The lowest BCUT2D eigenvalue weighted by molar-refractivity contribution is 0.0988. The van der Waals surface area contributed by atoms with Gasteiger partial charge in [-0.25, -0.2) is 9.37 Å². The van der Waals surface area contributed by atoms with Crippen molar-refractivity contribution in [2.75, 3.05) is 23.7 Å². The van der Waals surface area contributed by atoms with Crippen LogP contribution in [0.2, 0.25) is 20.2 Å². The molecule has 0 unspecified atom stereocenters. The number of pyridine rings is 2. The lowest BCUT2D eigenvalue weighted by Gasteiger charge is -2.41. The van der Waals surface area contributed by atoms with E-state index in [2.05, 4.69) is 63.1 Å². The summed E-state index contributed by atoms with van der Waals surface area (Å²) in [5, 5.41) is 21.5. The molecule has 0 amide bonds. The van der Waals surface area contributed by atoms with Crippen LogP contribution in [0.25, 0.3) is 10.9 Å². The first-order valence-electron chi connectivity index (χ1n) is 14.9.